The van der Waals surface area contributed by atoms with Crippen molar-refractivity contribution in [3.63, 3.8) is 0 Å². The monoisotopic (exact) mass is 252 g/mol. The van der Waals surface area contributed by atoms with Gasteiger partial charge in [0.15, 0.2) is 0 Å². The van der Waals surface area contributed by atoms with Crippen LogP contribution < -0.4 is 0 Å². The van der Waals surface area contributed by atoms with Crippen LogP contribution in [0.1, 0.15) is 17.5 Å². The quantitative estimate of drug-likeness (QED) is 0.839. The van der Waals surface area contributed by atoms with E-state index in [1.54, 1.807) is 0 Å². The lowest BCUT2D eigenvalue weighted by molar-refractivity contribution is -0.138. The average Bonchev–Trinajstić information content (AvgIpc) is 2.17. The molecule has 0 aromatic heterocycles. The SMILES string of the molecule is O=CCCc1cc(Cl)c(O)c(C(F)(F)F)c1. The number of phenols is 1. The predicted molar refractivity (Wildman–Crippen MR) is 52.5 cm³/mol. The number of hydrogen-bond donors (Lipinski definition) is 1. The Hall–Kier alpha value is -1.23. The van der Waals surface area contributed by atoms with Gasteiger partial charge in [-0.05, 0) is 24.1 Å². The number of carbonyl (C=O) groups excluding carboxylic acids is 1. The van der Waals surface area contributed by atoms with E-state index in [1.165, 1.54) is 6.07 Å². The zero-order valence-corrected chi connectivity index (χ0v) is 8.77. The Balaban J connectivity index is 3.17. The molecule has 0 heterocycles. The van der Waals surface area contributed by atoms with Crippen LogP contribution in [-0.4, -0.2) is 11.4 Å². The van der Waals surface area contributed by atoms with Crippen molar-refractivity contribution in [3.8, 4) is 5.75 Å². The molecule has 0 atom stereocenters. The average molecular weight is 253 g/mol. The fourth-order valence-corrected chi connectivity index (χ4v) is 1.48. The molecule has 6 heteroatoms. The molecule has 0 aliphatic carbocycles. The number of alkyl halides is 3. The lowest BCUT2D eigenvalue weighted by Crippen LogP contribution is -2.06. The van der Waals surface area contributed by atoms with Gasteiger partial charge in [0.2, 0.25) is 0 Å². The molecule has 88 valence electrons. The highest BCUT2D eigenvalue weighted by Crippen LogP contribution is 2.40. The van der Waals surface area contributed by atoms with Crippen molar-refractivity contribution >= 4 is 17.9 Å². The summed E-state index contributed by atoms with van der Waals surface area (Å²) in [6.45, 7) is 0. The normalized spacial score (nSPS) is 11.5. The van der Waals surface area contributed by atoms with Crippen molar-refractivity contribution in [2.75, 3.05) is 0 Å². The second-order valence-corrected chi connectivity index (χ2v) is 3.58. The molecule has 0 unspecified atom stereocenters. The van der Waals surface area contributed by atoms with Crippen molar-refractivity contribution in [2.24, 2.45) is 0 Å². The summed E-state index contributed by atoms with van der Waals surface area (Å²) in [5.41, 5.74) is -0.914. The van der Waals surface area contributed by atoms with E-state index in [-0.39, 0.29) is 23.4 Å². The molecule has 16 heavy (non-hydrogen) atoms. The van der Waals surface area contributed by atoms with Crippen LogP contribution in [-0.2, 0) is 17.4 Å². The van der Waals surface area contributed by atoms with Crippen molar-refractivity contribution in [3.05, 3.63) is 28.3 Å². The van der Waals surface area contributed by atoms with E-state index in [0.717, 1.165) is 6.07 Å². The number of halogens is 4. The first kappa shape index (κ1) is 12.8. The number of hydrogen-bond acceptors (Lipinski definition) is 2. The maximum atomic E-state index is 12.4. The van der Waals surface area contributed by atoms with Gasteiger partial charge in [0.25, 0.3) is 0 Å². The van der Waals surface area contributed by atoms with E-state index in [1.807, 2.05) is 0 Å². The molecule has 1 aromatic carbocycles. The number of aromatic hydroxyl groups is 1. The Morgan fingerprint density at radius 2 is 2.00 bits per heavy atom. The van der Waals surface area contributed by atoms with Crippen molar-refractivity contribution in [1.29, 1.82) is 0 Å². The number of benzene rings is 1. The fourth-order valence-electron chi connectivity index (χ4n) is 1.24. The maximum Gasteiger partial charge on any atom is 0.420 e. The summed E-state index contributed by atoms with van der Waals surface area (Å²) in [7, 11) is 0. The van der Waals surface area contributed by atoms with Crippen molar-refractivity contribution in [1.82, 2.24) is 0 Å². The molecule has 0 bridgehead atoms. The van der Waals surface area contributed by atoms with Crippen LogP contribution in [0.15, 0.2) is 12.1 Å². The van der Waals surface area contributed by atoms with Gasteiger partial charge in [-0.3, -0.25) is 0 Å². The lowest BCUT2D eigenvalue weighted by Gasteiger charge is -2.12. The predicted octanol–water partition coefficient (Wildman–Crippen LogP) is 3.20. The minimum Gasteiger partial charge on any atom is -0.506 e. The Labute approximate surface area is 94.6 Å². The van der Waals surface area contributed by atoms with E-state index in [2.05, 4.69) is 0 Å². The summed E-state index contributed by atoms with van der Waals surface area (Å²) in [6, 6.07) is 2.01. The van der Waals surface area contributed by atoms with Gasteiger partial charge in [-0.2, -0.15) is 13.2 Å². The van der Waals surface area contributed by atoms with Gasteiger partial charge in [0, 0.05) is 6.42 Å². The van der Waals surface area contributed by atoms with E-state index < -0.39 is 17.5 Å². The van der Waals surface area contributed by atoms with Crippen molar-refractivity contribution in [2.45, 2.75) is 19.0 Å². The minimum atomic E-state index is -4.66. The Morgan fingerprint density at radius 1 is 1.38 bits per heavy atom. The van der Waals surface area contributed by atoms with Gasteiger partial charge in [0.1, 0.15) is 12.0 Å². The highest BCUT2D eigenvalue weighted by atomic mass is 35.5. The zero-order chi connectivity index (χ0) is 12.3. The summed E-state index contributed by atoms with van der Waals surface area (Å²) < 4.78 is 37.3. The van der Waals surface area contributed by atoms with E-state index in [9.17, 15) is 18.0 Å². The first-order valence-electron chi connectivity index (χ1n) is 4.38. The summed E-state index contributed by atoms with van der Waals surface area (Å²) in [5, 5.41) is 8.80. The molecule has 1 rings (SSSR count). The summed E-state index contributed by atoms with van der Waals surface area (Å²) in [4.78, 5) is 10.1. The van der Waals surface area contributed by atoms with Gasteiger partial charge in [-0.25, -0.2) is 0 Å². The highest BCUT2D eigenvalue weighted by molar-refractivity contribution is 6.32. The van der Waals surface area contributed by atoms with Gasteiger partial charge in [-0.1, -0.05) is 11.6 Å². The smallest absolute Gasteiger partial charge is 0.420 e. The fraction of sp³-hybridized carbons (Fsp3) is 0.300. The number of aldehydes is 1. The van der Waals surface area contributed by atoms with E-state index in [4.69, 9.17) is 16.7 Å². The van der Waals surface area contributed by atoms with Crippen molar-refractivity contribution < 1.29 is 23.1 Å². The molecule has 1 aromatic rings. The third-order valence-electron chi connectivity index (χ3n) is 1.98. The summed E-state index contributed by atoms with van der Waals surface area (Å²) in [6.07, 6.45) is -3.79. The maximum absolute atomic E-state index is 12.4. The second-order valence-electron chi connectivity index (χ2n) is 3.18. The molecular formula is C10H8ClF3O2. The topological polar surface area (TPSA) is 37.3 Å². The number of carbonyl (C=O) groups is 1. The third kappa shape index (κ3) is 2.88. The summed E-state index contributed by atoms with van der Waals surface area (Å²) in [5.74, 6) is -0.982. The third-order valence-corrected chi connectivity index (χ3v) is 2.27. The minimum absolute atomic E-state index is 0.110. The van der Waals surface area contributed by atoms with Crippen LogP contribution in [0, 0.1) is 0 Å². The van der Waals surface area contributed by atoms with Gasteiger partial charge in [0.05, 0.1) is 10.6 Å². The highest BCUT2D eigenvalue weighted by Gasteiger charge is 2.35. The first-order chi connectivity index (χ1) is 7.36. The molecule has 0 fully saturated rings. The van der Waals surface area contributed by atoms with Crippen LogP contribution in [0.2, 0.25) is 5.02 Å². The van der Waals surface area contributed by atoms with Crippen LogP contribution in [0.25, 0.3) is 0 Å². The Morgan fingerprint density at radius 3 is 2.50 bits per heavy atom. The molecule has 0 amide bonds. The second kappa shape index (κ2) is 4.74. The standard InChI is InChI=1S/C10H8ClF3O2/c11-8-5-6(2-1-3-15)4-7(9(8)16)10(12,13)14/h3-5,16H,1-2H2. The Kier molecular flexibility index (Phi) is 3.80. The molecule has 0 radical (unpaired) electrons. The summed E-state index contributed by atoms with van der Waals surface area (Å²) >= 11 is 5.47. The molecule has 1 N–H and O–H groups in total. The van der Waals surface area contributed by atoms with Crippen LogP contribution in [0.4, 0.5) is 13.2 Å². The van der Waals surface area contributed by atoms with E-state index >= 15 is 0 Å². The molecule has 0 spiro atoms. The number of rotatable bonds is 3. The molecule has 0 saturated carbocycles. The first-order valence-corrected chi connectivity index (χ1v) is 4.76. The molecule has 0 saturated heterocycles. The van der Waals surface area contributed by atoms with E-state index in [0.29, 0.717) is 6.29 Å². The van der Waals surface area contributed by atoms with Crippen LogP contribution in [0.3, 0.4) is 0 Å². The molecule has 2 nitrogen and oxygen atoms in total. The van der Waals surface area contributed by atoms with Crippen LogP contribution >= 0.6 is 11.6 Å². The van der Waals surface area contributed by atoms with Gasteiger partial charge >= 0.3 is 6.18 Å². The van der Waals surface area contributed by atoms with Gasteiger partial charge < -0.3 is 9.90 Å². The van der Waals surface area contributed by atoms with Gasteiger partial charge in [-0.15, -0.1) is 0 Å². The number of aryl methyl sites for hydroxylation is 1. The molecular weight excluding hydrogens is 245 g/mol. The molecule has 0 aliphatic heterocycles. The molecule has 0 aliphatic rings. The zero-order valence-electron chi connectivity index (χ0n) is 8.01. The largest absolute Gasteiger partial charge is 0.506 e. The van der Waals surface area contributed by atoms with Crippen LogP contribution in [0.5, 0.6) is 5.75 Å². The number of phenolic OH excluding ortho intramolecular Hbond substituents is 1. The lowest BCUT2D eigenvalue weighted by atomic mass is 10.1. The Bertz CT molecular complexity index is 402.